The summed E-state index contributed by atoms with van der Waals surface area (Å²) >= 11 is 0. The van der Waals surface area contributed by atoms with Crippen LogP contribution in [-0.4, -0.2) is 25.9 Å². The van der Waals surface area contributed by atoms with E-state index in [1.54, 1.807) is 6.20 Å². The molecule has 4 aromatic rings. The molecule has 0 fully saturated rings. The van der Waals surface area contributed by atoms with Crippen LogP contribution in [0.1, 0.15) is 45.4 Å². The summed E-state index contributed by atoms with van der Waals surface area (Å²) in [5, 5.41) is 8.41. The molecule has 0 amide bonds. The van der Waals surface area contributed by atoms with Crippen molar-refractivity contribution in [1.29, 1.82) is 0 Å². The van der Waals surface area contributed by atoms with Gasteiger partial charge in [0.05, 0.1) is 5.69 Å². The number of nitrogens with zero attached hydrogens (tertiary/aromatic N) is 3. The topological polar surface area (TPSA) is 71.5 Å². The largest absolute Gasteiger partial charge is 0.294 e. The summed E-state index contributed by atoms with van der Waals surface area (Å²) in [7, 11) is 0. The number of fused-ring (bicyclic) bond motifs is 1. The van der Waals surface area contributed by atoms with Gasteiger partial charge in [0, 0.05) is 40.5 Å². The number of hydrogen-bond donors (Lipinski definition) is 1. The Morgan fingerprint density at radius 3 is 2.52 bits per heavy atom. The van der Waals surface area contributed by atoms with E-state index in [9.17, 15) is 4.79 Å². The van der Waals surface area contributed by atoms with Gasteiger partial charge in [-0.1, -0.05) is 24.1 Å². The third-order valence-electron chi connectivity index (χ3n) is 5.18. The Balaban J connectivity index is 1.66. The highest BCUT2D eigenvalue weighted by Gasteiger charge is 2.13. The van der Waals surface area contributed by atoms with E-state index in [-0.39, 0.29) is 5.78 Å². The molecule has 29 heavy (non-hydrogen) atoms. The summed E-state index contributed by atoms with van der Waals surface area (Å²) in [6.07, 6.45) is 2.98. The lowest BCUT2D eigenvalue weighted by molar-refractivity contribution is 0.0992. The quantitative estimate of drug-likeness (QED) is 0.495. The van der Waals surface area contributed by atoms with Crippen LogP contribution in [0.5, 0.6) is 0 Å². The molecule has 0 atom stereocenters. The van der Waals surface area contributed by atoms with Crippen LogP contribution in [0.2, 0.25) is 0 Å². The van der Waals surface area contributed by atoms with Gasteiger partial charge < -0.3 is 0 Å². The molecule has 5 heteroatoms. The summed E-state index contributed by atoms with van der Waals surface area (Å²) in [6.45, 7) is 8.07. The maximum atomic E-state index is 12.8. The Labute approximate surface area is 170 Å². The van der Waals surface area contributed by atoms with Gasteiger partial charge in [0.2, 0.25) is 0 Å². The van der Waals surface area contributed by atoms with Crippen molar-refractivity contribution in [2.24, 2.45) is 0 Å². The number of aryl methyl sites for hydroxylation is 4. The minimum Gasteiger partial charge on any atom is -0.294 e. The Bertz CT molecular complexity index is 1200. The Kier molecular flexibility index (Phi) is 4.97. The number of ketones is 1. The third kappa shape index (κ3) is 3.81. The van der Waals surface area contributed by atoms with Crippen molar-refractivity contribution in [2.45, 2.75) is 40.5 Å². The number of carbonyl (C=O) groups excluding carboxylic acids is 1. The maximum absolute atomic E-state index is 12.8. The number of carbonyl (C=O) groups is 1. The van der Waals surface area contributed by atoms with Crippen molar-refractivity contribution in [3.05, 3.63) is 76.2 Å². The first-order valence-corrected chi connectivity index (χ1v) is 9.86. The number of hydrogen-bond acceptors (Lipinski definition) is 4. The molecule has 0 aliphatic heterocycles. The van der Waals surface area contributed by atoms with Crippen molar-refractivity contribution < 1.29 is 4.79 Å². The number of aromatic nitrogens is 4. The number of Topliss-reactive ketones (excluding diaryl/α,β-unsaturated/α-hetero) is 1. The third-order valence-corrected chi connectivity index (χ3v) is 5.18. The summed E-state index contributed by atoms with van der Waals surface area (Å²) in [5.41, 5.74) is 8.23. The van der Waals surface area contributed by atoms with Gasteiger partial charge in [0.25, 0.3) is 0 Å². The number of rotatable bonds is 5. The van der Waals surface area contributed by atoms with Gasteiger partial charge in [-0.2, -0.15) is 5.10 Å². The van der Waals surface area contributed by atoms with E-state index >= 15 is 0 Å². The van der Waals surface area contributed by atoms with Crippen molar-refractivity contribution in [3.63, 3.8) is 0 Å². The van der Waals surface area contributed by atoms with Gasteiger partial charge in [-0.05, 0) is 63.1 Å². The molecule has 0 spiro atoms. The van der Waals surface area contributed by atoms with Crippen LogP contribution in [0, 0.1) is 20.8 Å². The highest BCUT2D eigenvalue weighted by Crippen LogP contribution is 2.25. The lowest BCUT2D eigenvalue weighted by Gasteiger charge is -2.09. The number of aromatic amines is 1. The van der Waals surface area contributed by atoms with E-state index in [2.05, 4.69) is 28.2 Å². The Hall–Kier alpha value is -3.34. The average Bonchev–Trinajstić information content (AvgIpc) is 3.11. The minimum absolute atomic E-state index is 0.0942. The van der Waals surface area contributed by atoms with Gasteiger partial charge >= 0.3 is 0 Å². The average molecular weight is 384 g/mol. The van der Waals surface area contributed by atoms with Gasteiger partial charge in [0.15, 0.2) is 11.4 Å². The van der Waals surface area contributed by atoms with E-state index in [1.807, 2.05) is 51.1 Å². The fourth-order valence-electron chi connectivity index (χ4n) is 3.72. The second-order valence-corrected chi connectivity index (χ2v) is 7.58. The molecule has 3 heterocycles. The Morgan fingerprint density at radius 1 is 1.03 bits per heavy atom. The number of benzene rings is 1. The maximum Gasteiger partial charge on any atom is 0.181 e. The van der Waals surface area contributed by atoms with Gasteiger partial charge in [0.1, 0.15) is 0 Å². The van der Waals surface area contributed by atoms with Crippen LogP contribution in [0.3, 0.4) is 0 Å². The Morgan fingerprint density at radius 2 is 1.79 bits per heavy atom. The summed E-state index contributed by atoms with van der Waals surface area (Å²) < 4.78 is 0. The molecule has 0 aliphatic rings. The van der Waals surface area contributed by atoms with Gasteiger partial charge in [-0.3, -0.25) is 14.9 Å². The van der Waals surface area contributed by atoms with Crippen LogP contribution in [0.4, 0.5) is 0 Å². The summed E-state index contributed by atoms with van der Waals surface area (Å²) in [5.74, 6) is 0.0942. The predicted octanol–water partition coefficient (Wildman–Crippen LogP) is 4.93. The number of pyridine rings is 2. The minimum atomic E-state index is 0.0942. The summed E-state index contributed by atoms with van der Waals surface area (Å²) in [6, 6.07) is 12.0. The highest BCUT2D eigenvalue weighted by molar-refractivity contribution is 5.98. The monoisotopic (exact) mass is 384 g/mol. The highest BCUT2D eigenvalue weighted by atomic mass is 16.1. The first kappa shape index (κ1) is 19.0. The molecule has 0 unspecified atom stereocenters. The fraction of sp³-hybridized carbons (Fsp3) is 0.250. The molecule has 0 bridgehead atoms. The molecule has 4 rings (SSSR count). The number of nitrogens with one attached hydrogen (secondary N) is 1. The molecule has 1 N–H and O–H groups in total. The molecule has 0 saturated carbocycles. The standard InChI is InChI=1S/C24H24N4O/c1-5-21-19-6-7-22(26-24(19)28-27-21)20-11-17(13-25-16(20)4)12-23(29)18-9-14(2)8-15(3)10-18/h6-11,13H,5,12H2,1-4H3,(H,26,27,28). The molecular formula is C24H24N4O. The van der Waals surface area contributed by atoms with E-state index in [4.69, 9.17) is 4.98 Å². The molecule has 0 saturated heterocycles. The van der Waals surface area contributed by atoms with E-state index in [0.717, 1.165) is 56.7 Å². The lowest BCUT2D eigenvalue weighted by atomic mass is 9.98. The van der Waals surface area contributed by atoms with Crippen molar-refractivity contribution >= 4 is 16.8 Å². The number of H-pyrrole nitrogens is 1. The zero-order valence-electron chi connectivity index (χ0n) is 17.2. The van der Waals surface area contributed by atoms with Gasteiger partial charge in [-0.25, -0.2) is 4.98 Å². The molecular weight excluding hydrogens is 360 g/mol. The van der Waals surface area contributed by atoms with Crippen LogP contribution in [0.15, 0.2) is 42.6 Å². The van der Waals surface area contributed by atoms with Crippen LogP contribution < -0.4 is 0 Å². The van der Waals surface area contributed by atoms with Crippen molar-refractivity contribution in [1.82, 2.24) is 20.2 Å². The first-order valence-electron chi connectivity index (χ1n) is 9.86. The second-order valence-electron chi connectivity index (χ2n) is 7.58. The molecule has 146 valence electrons. The summed E-state index contributed by atoms with van der Waals surface area (Å²) in [4.78, 5) is 22.0. The van der Waals surface area contributed by atoms with E-state index < -0.39 is 0 Å². The van der Waals surface area contributed by atoms with Crippen LogP contribution >= 0.6 is 0 Å². The SMILES string of the molecule is CCc1[nH]nc2nc(-c3cc(CC(=O)c4cc(C)cc(C)c4)cnc3C)ccc12. The molecule has 5 nitrogen and oxygen atoms in total. The fourth-order valence-corrected chi connectivity index (χ4v) is 3.72. The smallest absolute Gasteiger partial charge is 0.181 e. The first-order chi connectivity index (χ1) is 13.9. The van der Waals surface area contributed by atoms with Crippen molar-refractivity contribution in [2.75, 3.05) is 0 Å². The molecule has 3 aromatic heterocycles. The molecule has 1 aromatic carbocycles. The molecule has 0 radical (unpaired) electrons. The molecule has 0 aliphatic carbocycles. The normalized spacial score (nSPS) is 11.2. The van der Waals surface area contributed by atoms with E-state index in [1.165, 1.54) is 0 Å². The predicted molar refractivity (Wildman–Crippen MR) is 115 cm³/mol. The second kappa shape index (κ2) is 7.59. The zero-order chi connectivity index (χ0) is 20.5. The van der Waals surface area contributed by atoms with Crippen molar-refractivity contribution in [3.8, 4) is 11.3 Å². The van der Waals surface area contributed by atoms with Crippen LogP contribution in [0.25, 0.3) is 22.3 Å². The van der Waals surface area contributed by atoms with Gasteiger partial charge in [-0.15, -0.1) is 0 Å². The van der Waals surface area contributed by atoms with Crippen LogP contribution in [-0.2, 0) is 12.8 Å². The zero-order valence-corrected chi connectivity index (χ0v) is 17.2. The van der Waals surface area contributed by atoms with E-state index in [0.29, 0.717) is 12.1 Å². The lowest BCUT2D eigenvalue weighted by Crippen LogP contribution is -2.05.